The van der Waals surface area contributed by atoms with E-state index in [1.165, 1.54) is 0 Å². The molecule has 0 aliphatic heterocycles. The van der Waals surface area contributed by atoms with Crippen molar-refractivity contribution >= 4 is 0 Å². The van der Waals surface area contributed by atoms with Gasteiger partial charge < -0.3 is 9.84 Å². The van der Waals surface area contributed by atoms with E-state index in [-0.39, 0.29) is 6.10 Å². The van der Waals surface area contributed by atoms with Crippen LogP contribution in [0.5, 0.6) is 0 Å². The minimum Gasteiger partial charge on any atom is -0.390 e. The molecule has 0 rings (SSSR count). The first-order valence-electron chi connectivity index (χ1n) is 5.20. The summed E-state index contributed by atoms with van der Waals surface area (Å²) in [4.78, 5) is 0. The molecule has 0 saturated heterocycles. The first-order valence-corrected chi connectivity index (χ1v) is 5.20. The zero-order valence-corrected chi connectivity index (χ0v) is 9.63. The Morgan fingerprint density at radius 2 is 1.85 bits per heavy atom. The Balaban J connectivity index is 3.82. The fraction of sp³-hybridized carbons (Fsp3) is 1.00. The van der Waals surface area contributed by atoms with E-state index in [9.17, 15) is 5.11 Å². The monoisotopic (exact) mass is 188 g/mol. The SMILES string of the molecule is CCOC(CCC(C)(C)O)C(C)C. The molecule has 0 saturated carbocycles. The molecule has 0 spiro atoms. The Hall–Kier alpha value is -0.0800. The van der Waals surface area contributed by atoms with Crippen molar-refractivity contribution in [3.8, 4) is 0 Å². The summed E-state index contributed by atoms with van der Waals surface area (Å²) in [6.07, 6.45) is 2.03. The van der Waals surface area contributed by atoms with E-state index >= 15 is 0 Å². The second kappa shape index (κ2) is 5.61. The number of hydrogen-bond donors (Lipinski definition) is 1. The van der Waals surface area contributed by atoms with Crippen molar-refractivity contribution in [2.45, 2.75) is 59.2 Å². The van der Waals surface area contributed by atoms with Crippen LogP contribution in [0.4, 0.5) is 0 Å². The van der Waals surface area contributed by atoms with Crippen LogP contribution in [0.1, 0.15) is 47.5 Å². The van der Waals surface area contributed by atoms with Crippen LogP contribution in [0.15, 0.2) is 0 Å². The van der Waals surface area contributed by atoms with Gasteiger partial charge in [-0.2, -0.15) is 0 Å². The third kappa shape index (κ3) is 7.03. The summed E-state index contributed by atoms with van der Waals surface area (Å²) in [5.74, 6) is 0.530. The Labute approximate surface area is 82.3 Å². The zero-order chi connectivity index (χ0) is 10.5. The van der Waals surface area contributed by atoms with Crippen LogP contribution in [-0.4, -0.2) is 23.4 Å². The molecule has 0 aromatic rings. The molecule has 0 aliphatic carbocycles. The maximum Gasteiger partial charge on any atom is 0.0598 e. The third-order valence-corrected chi connectivity index (χ3v) is 2.16. The first kappa shape index (κ1) is 12.9. The molecule has 0 aromatic carbocycles. The number of hydrogen-bond acceptors (Lipinski definition) is 2. The van der Waals surface area contributed by atoms with Gasteiger partial charge in [0.25, 0.3) is 0 Å². The van der Waals surface area contributed by atoms with Gasteiger partial charge in [-0.1, -0.05) is 13.8 Å². The second-order valence-electron chi connectivity index (χ2n) is 4.59. The highest BCUT2D eigenvalue weighted by molar-refractivity contribution is 4.70. The van der Waals surface area contributed by atoms with Crippen LogP contribution in [0.3, 0.4) is 0 Å². The summed E-state index contributed by atoms with van der Waals surface area (Å²) in [5.41, 5.74) is -0.565. The summed E-state index contributed by atoms with van der Waals surface area (Å²) in [6.45, 7) is 10.8. The molecule has 13 heavy (non-hydrogen) atoms. The molecule has 0 heterocycles. The lowest BCUT2D eigenvalue weighted by atomic mass is 9.95. The van der Waals surface area contributed by atoms with Crippen molar-refractivity contribution in [2.75, 3.05) is 6.61 Å². The standard InChI is InChI=1S/C11H24O2/c1-6-13-10(9(2)3)7-8-11(4,5)12/h9-10,12H,6-8H2,1-5H3. The zero-order valence-electron chi connectivity index (χ0n) is 9.63. The van der Waals surface area contributed by atoms with Crippen LogP contribution in [0.25, 0.3) is 0 Å². The van der Waals surface area contributed by atoms with Gasteiger partial charge >= 0.3 is 0 Å². The van der Waals surface area contributed by atoms with Crippen LogP contribution in [-0.2, 0) is 4.74 Å². The fourth-order valence-corrected chi connectivity index (χ4v) is 1.32. The smallest absolute Gasteiger partial charge is 0.0598 e. The summed E-state index contributed by atoms with van der Waals surface area (Å²) >= 11 is 0. The molecule has 0 bridgehead atoms. The van der Waals surface area contributed by atoms with Gasteiger partial charge in [-0.05, 0) is 39.5 Å². The van der Waals surface area contributed by atoms with Crippen molar-refractivity contribution in [3.05, 3.63) is 0 Å². The van der Waals surface area contributed by atoms with E-state index < -0.39 is 5.60 Å². The predicted octanol–water partition coefficient (Wildman–Crippen LogP) is 2.60. The Morgan fingerprint density at radius 1 is 1.31 bits per heavy atom. The van der Waals surface area contributed by atoms with Crippen LogP contribution in [0, 0.1) is 5.92 Å². The quantitative estimate of drug-likeness (QED) is 0.694. The summed E-state index contributed by atoms with van der Waals surface area (Å²) < 4.78 is 5.59. The van der Waals surface area contributed by atoms with Crippen molar-refractivity contribution < 1.29 is 9.84 Å². The number of rotatable bonds is 6. The highest BCUT2D eigenvalue weighted by atomic mass is 16.5. The van der Waals surface area contributed by atoms with Gasteiger partial charge in [-0.15, -0.1) is 0 Å². The molecule has 1 unspecified atom stereocenters. The Bertz CT molecular complexity index is 125. The van der Waals surface area contributed by atoms with Gasteiger partial charge in [0.05, 0.1) is 11.7 Å². The molecule has 0 radical (unpaired) electrons. The lowest BCUT2D eigenvalue weighted by Crippen LogP contribution is -2.26. The van der Waals surface area contributed by atoms with Gasteiger partial charge in [0, 0.05) is 6.61 Å². The van der Waals surface area contributed by atoms with E-state index in [0.717, 1.165) is 19.4 Å². The minimum atomic E-state index is -0.565. The van der Waals surface area contributed by atoms with E-state index in [2.05, 4.69) is 13.8 Å². The van der Waals surface area contributed by atoms with Crippen LogP contribution < -0.4 is 0 Å². The van der Waals surface area contributed by atoms with Crippen LogP contribution in [0.2, 0.25) is 0 Å². The molecule has 0 amide bonds. The molecule has 80 valence electrons. The lowest BCUT2D eigenvalue weighted by Gasteiger charge is -2.24. The summed E-state index contributed by atoms with van der Waals surface area (Å²) in [7, 11) is 0. The summed E-state index contributed by atoms with van der Waals surface area (Å²) in [5, 5.41) is 9.56. The van der Waals surface area contributed by atoms with Crippen molar-refractivity contribution in [1.29, 1.82) is 0 Å². The maximum atomic E-state index is 9.56. The largest absolute Gasteiger partial charge is 0.390 e. The van der Waals surface area contributed by atoms with E-state index in [4.69, 9.17) is 4.74 Å². The van der Waals surface area contributed by atoms with E-state index in [1.54, 1.807) is 0 Å². The maximum absolute atomic E-state index is 9.56. The predicted molar refractivity (Wildman–Crippen MR) is 55.8 cm³/mol. The molecule has 1 N–H and O–H groups in total. The van der Waals surface area contributed by atoms with Crippen molar-refractivity contribution in [3.63, 3.8) is 0 Å². The molecule has 1 atom stereocenters. The minimum absolute atomic E-state index is 0.288. The average Bonchev–Trinajstić information content (AvgIpc) is 1.95. The van der Waals surface area contributed by atoms with Crippen LogP contribution >= 0.6 is 0 Å². The van der Waals surface area contributed by atoms with Gasteiger partial charge in [-0.25, -0.2) is 0 Å². The Morgan fingerprint density at radius 3 is 2.15 bits per heavy atom. The van der Waals surface area contributed by atoms with Gasteiger partial charge in [0.15, 0.2) is 0 Å². The third-order valence-electron chi connectivity index (χ3n) is 2.16. The van der Waals surface area contributed by atoms with Gasteiger partial charge in [0.1, 0.15) is 0 Å². The Kier molecular flexibility index (Phi) is 5.57. The van der Waals surface area contributed by atoms with E-state index in [1.807, 2.05) is 20.8 Å². The molecule has 0 fully saturated rings. The van der Waals surface area contributed by atoms with Crippen molar-refractivity contribution in [2.24, 2.45) is 5.92 Å². The number of ether oxygens (including phenoxy) is 1. The average molecular weight is 188 g/mol. The lowest BCUT2D eigenvalue weighted by molar-refractivity contribution is -0.00215. The molecular formula is C11H24O2. The van der Waals surface area contributed by atoms with Crippen molar-refractivity contribution in [1.82, 2.24) is 0 Å². The first-order chi connectivity index (χ1) is 5.87. The molecular weight excluding hydrogens is 164 g/mol. The summed E-state index contributed by atoms with van der Waals surface area (Å²) in [6, 6.07) is 0. The fourth-order valence-electron chi connectivity index (χ4n) is 1.32. The van der Waals surface area contributed by atoms with E-state index in [0.29, 0.717) is 5.92 Å². The molecule has 0 aliphatic rings. The molecule has 2 heteroatoms. The highest BCUT2D eigenvalue weighted by Gasteiger charge is 2.18. The number of aliphatic hydroxyl groups is 1. The highest BCUT2D eigenvalue weighted by Crippen LogP contribution is 2.18. The van der Waals surface area contributed by atoms with Gasteiger partial charge in [-0.3, -0.25) is 0 Å². The second-order valence-corrected chi connectivity index (χ2v) is 4.59. The molecule has 2 nitrogen and oxygen atoms in total. The topological polar surface area (TPSA) is 29.5 Å². The molecule has 0 aromatic heterocycles. The normalized spacial score (nSPS) is 15.0. The van der Waals surface area contributed by atoms with Gasteiger partial charge in [0.2, 0.25) is 0 Å².